The predicted molar refractivity (Wildman–Crippen MR) is 176 cm³/mol. The van der Waals surface area contributed by atoms with Gasteiger partial charge in [0.05, 0.1) is 45.2 Å². The van der Waals surface area contributed by atoms with Gasteiger partial charge in [-0.1, -0.05) is 48.5 Å². The molecule has 10 nitrogen and oxygen atoms in total. The number of aryl methyl sites for hydroxylation is 2. The second-order valence-electron chi connectivity index (χ2n) is 11.4. The van der Waals surface area contributed by atoms with Crippen molar-refractivity contribution < 1.29 is 9.47 Å². The van der Waals surface area contributed by atoms with Crippen LogP contribution in [0.25, 0.3) is 22.3 Å². The summed E-state index contributed by atoms with van der Waals surface area (Å²) >= 11 is 0. The zero-order valence-electron chi connectivity index (χ0n) is 24.8. The summed E-state index contributed by atoms with van der Waals surface area (Å²) in [5.74, 6) is 4.59. The SMILES string of the molecule is Cc1nnc2c3nnc(C)n3c3cc(N4c5ccccc5Oc5ccccc54)c(N4c5ccccc5Oc5ccccc54)cc3n12. The molecule has 0 spiro atoms. The first-order chi connectivity index (χ1) is 22.7. The number of hydrogen-bond donors (Lipinski definition) is 0. The van der Waals surface area contributed by atoms with Crippen LogP contribution < -0.4 is 19.3 Å². The summed E-state index contributed by atoms with van der Waals surface area (Å²) in [5, 5.41) is 18.0. The van der Waals surface area contributed by atoms with Crippen molar-refractivity contribution in [2.75, 3.05) is 9.80 Å². The van der Waals surface area contributed by atoms with E-state index in [1.807, 2.05) is 86.6 Å². The Balaban J connectivity index is 1.40. The zero-order valence-corrected chi connectivity index (χ0v) is 24.8. The molecule has 46 heavy (non-hydrogen) atoms. The third-order valence-corrected chi connectivity index (χ3v) is 8.75. The summed E-state index contributed by atoms with van der Waals surface area (Å²) in [6.07, 6.45) is 0. The number of anilines is 6. The summed E-state index contributed by atoms with van der Waals surface area (Å²) in [6.45, 7) is 3.92. The summed E-state index contributed by atoms with van der Waals surface area (Å²) in [7, 11) is 0. The maximum Gasteiger partial charge on any atom is 0.207 e. The topological polar surface area (TPSA) is 85.3 Å². The Bertz CT molecular complexity index is 2290. The zero-order chi connectivity index (χ0) is 30.5. The van der Waals surface area contributed by atoms with E-state index in [-0.39, 0.29) is 0 Å². The molecule has 0 bridgehead atoms. The van der Waals surface area contributed by atoms with Crippen LogP contribution in [-0.2, 0) is 0 Å². The second-order valence-corrected chi connectivity index (χ2v) is 11.4. The molecular weight excluding hydrogens is 576 g/mol. The molecule has 0 radical (unpaired) electrons. The molecule has 220 valence electrons. The smallest absolute Gasteiger partial charge is 0.207 e. The normalized spacial score (nSPS) is 13.3. The van der Waals surface area contributed by atoms with Crippen molar-refractivity contribution in [1.29, 1.82) is 0 Å². The van der Waals surface area contributed by atoms with Gasteiger partial charge in [0.2, 0.25) is 11.3 Å². The lowest BCUT2D eigenvalue weighted by Crippen LogP contribution is -2.22. The van der Waals surface area contributed by atoms with Gasteiger partial charge in [-0.15, -0.1) is 20.4 Å². The minimum atomic E-state index is 0.647. The quantitative estimate of drug-likeness (QED) is 0.195. The Morgan fingerprint density at radius 2 is 0.739 bits per heavy atom. The first kappa shape index (κ1) is 25.0. The van der Waals surface area contributed by atoms with E-state index >= 15 is 0 Å². The van der Waals surface area contributed by atoms with Crippen molar-refractivity contribution in [3.05, 3.63) is 121 Å². The van der Waals surface area contributed by atoms with Gasteiger partial charge in [0.25, 0.3) is 0 Å². The van der Waals surface area contributed by atoms with E-state index in [4.69, 9.17) is 9.47 Å². The molecule has 0 N–H and O–H groups in total. The fourth-order valence-electron chi connectivity index (χ4n) is 6.79. The minimum Gasteiger partial charge on any atom is -0.453 e. The van der Waals surface area contributed by atoms with E-state index in [0.717, 1.165) is 79.8 Å². The van der Waals surface area contributed by atoms with Gasteiger partial charge in [-0.2, -0.15) is 0 Å². The summed E-state index contributed by atoms with van der Waals surface area (Å²) < 4.78 is 17.0. The molecule has 8 aromatic rings. The van der Waals surface area contributed by atoms with Crippen LogP contribution in [0, 0.1) is 13.8 Å². The molecule has 10 rings (SSSR count). The number of rotatable bonds is 2. The Kier molecular flexibility index (Phi) is 4.91. The van der Waals surface area contributed by atoms with Crippen LogP contribution >= 0.6 is 0 Å². The van der Waals surface area contributed by atoms with Gasteiger partial charge in [-0.3, -0.25) is 8.80 Å². The fraction of sp³-hybridized carbons (Fsp3) is 0.0556. The molecule has 3 aromatic heterocycles. The van der Waals surface area contributed by atoms with Crippen molar-refractivity contribution in [2.45, 2.75) is 13.8 Å². The highest BCUT2D eigenvalue weighted by molar-refractivity contribution is 6.03. The Labute approximate surface area is 262 Å². The van der Waals surface area contributed by atoms with Crippen molar-refractivity contribution in [3.8, 4) is 23.0 Å². The molecule has 0 unspecified atom stereocenters. The molecule has 10 heteroatoms. The lowest BCUT2D eigenvalue weighted by Gasteiger charge is -2.38. The van der Waals surface area contributed by atoms with E-state index < -0.39 is 0 Å². The predicted octanol–water partition coefficient (Wildman–Crippen LogP) is 8.69. The molecule has 2 aliphatic heterocycles. The van der Waals surface area contributed by atoms with Crippen molar-refractivity contribution in [2.24, 2.45) is 0 Å². The Morgan fingerprint density at radius 1 is 0.413 bits per heavy atom. The van der Waals surface area contributed by atoms with Gasteiger partial charge >= 0.3 is 0 Å². The summed E-state index contributed by atoms with van der Waals surface area (Å²) in [5.41, 5.74) is 8.70. The number of nitrogens with zero attached hydrogens (tertiary/aromatic N) is 8. The van der Waals surface area contributed by atoms with E-state index in [9.17, 15) is 0 Å². The van der Waals surface area contributed by atoms with E-state index in [1.165, 1.54) is 0 Å². The van der Waals surface area contributed by atoms with E-state index in [0.29, 0.717) is 11.3 Å². The average molecular weight is 601 g/mol. The van der Waals surface area contributed by atoms with Gasteiger partial charge < -0.3 is 19.3 Å². The molecule has 0 aliphatic carbocycles. The van der Waals surface area contributed by atoms with Crippen LogP contribution in [0.15, 0.2) is 109 Å². The van der Waals surface area contributed by atoms with Crippen LogP contribution in [0.2, 0.25) is 0 Å². The molecule has 5 heterocycles. The number of ether oxygens (including phenoxy) is 2. The molecule has 2 aliphatic rings. The molecule has 0 fully saturated rings. The van der Waals surface area contributed by atoms with Gasteiger partial charge in [-0.25, -0.2) is 0 Å². The third kappa shape index (κ3) is 3.29. The van der Waals surface area contributed by atoms with Crippen LogP contribution in [-0.4, -0.2) is 29.2 Å². The van der Waals surface area contributed by atoms with Crippen molar-refractivity contribution >= 4 is 56.5 Å². The van der Waals surface area contributed by atoms with Crippen LogP contribution in [0.3, 0.4) is 0 Å². The molecule has 0 atom stereocenters. The Morgan fingerprint density at radius 3 is 1.09 bits per heavy atom. The maximum absolute atomic E-state index is 6.43. The molecule has 0 saturated carbocycles. The minimum absolute atomic E-state index is 0.647. The molecule has 0 amide bonds. The van der Waals surface area contributed by atoms with Gasteiger partial charge in [-0.05, 0) is 74.5 Å². The van der Waals surface area contributed by atoms with E-state index in [1.54, 1.807) is 0 Å². The monoisotopic (exact) mass is 600 g/mol. The molecule has 5 aromatic carbocycles. The van der Waals surface area contributed by atoms with Gasteiger partial charge in [0, 0.05) is 0 Å². The van der Waals surface area contributed by atoms with Crippen LogP contribution in [0.4, 0.5) is 34.1 Å². The van der Waals surface area contributed by atoms with Gasteiger partial charge in [0.15, 0.2) is 23.0 Å². The fourth-order valence-corrected chi connectivity index (χ4v) is 6.79. The average Bonchev–Trinajstić information content (AvgIpc) is 3.68. The lowest BCUT2D eigenvalue weighted by atomic mass is 10.1. The number of fused-ring (bicyclic) bond motifs is 10. The van der Waals surface area contributed by atoms with E-state index in [2.05, 4.69) is 75.4 Å². The highest BCUT2D eigenvalue weighted by Gasteiger charge is 2.33. The number of hydrogen-bond acceptors (Lipinski definition) is 8. The summed E-state index contributed by atoms with van der Waals surface area (Å²) in [6, 6.07) is 36.9. The highest BCUT2D eigenvalue weighted by atomic mass is 16.5. The van der Waals surface area contributed by atoms with Crippen molar-refractivity contribution in [3.63, 3.8) is 0 Å². The van der Waals surface area contributed by atoms with Crippen molar-refractivity contribution in [1.82, 2.24) is 29.2 Å². The number of para-hydroxylation sites is 8. The van der Waals surface area contributed by atoms with Crippen LogP contribution in [0.1, 0.15) is 11.6 Å². The van der Waals surface area contributed by atoms with Crippen LogP contribution in [0.5, 0.6) is 23.0 Å². The Hall–Kier alpha value is -6.42. The number of benzene rings is 5. The summed E-state index contributed by atoms with van der Waals surface area (Å²) in [4.78, 5) is 4.55. The third-order valence-electron chi connectivity index (χ3n) is 8.75. The first-order valence-corrected chi connectivity index (χ1v) is 15.0. The molecular formula is C36H24N8O2. The second kappa shape index (κ2) is 9.05. The number of aromatic nitrogens is 6. The molecule has 0 saturated heterocycles. The largest absolute Gasteiger partial charge is 0.453 e. The van der Waals surface area contributed by atoms with Gasteiger partial charge in [0.1, 0.15) is 11.6 Å². The standard InChI is InChI=1S/C36H24N8O2/c1-21-37-39-35-36-40-38-22(2)42(36)28-20-30(44-25-13-5-9-17-33(25)46-34-18-10-6-14-26(34)44)29(19-27(28)41(21)35)43-23-11-3-7-15-31(23)45-32-16-8-4-12-24(32)43/h3-20H,1-2H3. The maximum atomic E-state index is 6.43. The first-order valence-electron chi connectivity index (χ1n) is 15.0. The highest BCUT2D eigenvalue weighted by Crippen LogP contribution is 2.57. The lowest BCUT2D eigenvalue weighted by molar-refractivity contribution is 0.476.